The molecule has 0 aromatic heterocycles. The summed E-state index contributed by atoms with van der Waals surface area (Å²) in [5, 5.41) is 2.05. The molecule has 3 nitrogen and oxygen atoms in total. The third-order valence-electron chi connectivity index (χ3n) is 2.90. The Hall–Kier alpha value is -2.99. The van der Waals surface area contributed by atoms with Crippen molar-refractivity contribution in [3.05, 3.63) is 58.2 Å². The smallest absolute Gasteiger partial charge is 0.302 e. The Labute approximate surface area is 136 Å². The Morgan fingerprint density at radius 3 is 0.846 bits per heavy atom. The second-order valence-electron chi connectivity index (χ2n) is 4.47. The number of carbonyl (C=O) groups excluding carboxylic acids is 1. The highest BCUT2D eigenvalue weighted by molar-refractivity contribution is 6.00. The summed E-state index contributed by atoms with van der Waals surface area (Å²) in [4.78, 5) is 11.4. The number of nitrogens with one attached hydrogen (secondary N) is 2. The summed E-state index contributed by atoms with van der Waals surface area (Å²) in [6.07, 6.45) is 0. The van der Waals surface area contributed by atoms with Gasteiger partial charge < -0.3 is 10.6 Å². The van der Waals surface area contributed by atoms with E-state index in [9.17, 15) is 48.7 Å². The average Bonchev–Trinajstić information content (AvgIpc) is 2.62. The Balaban J connectivity index is 2.41. The lowest BCUT2D eigenvalue weighted by molar-refractivity contribution is 0.261. The van der Waals surface area contributed by atoms with Crippen LogP contribution in [0.25, 0.3) is 0 Å². The summed E-state index contributed by atoms with van der Waals surface area (Å²) < 4.78 is 131. The predicted molar refractivity (Wildman–Crippen MR) is 65.1 cm³/mol. The number of hydrogen-bond acceptors (Lipinski definition) is 1. The molecule has 0 fully saturated rings. The van der Waals surface area contributed by atoms with Gasteiger partial charge in [0.2, 0.25) is 11.6 Å². The highest BCUT2D eigenvalue weighted by Gasteiger charge is 2.29. The summed E-state index contributed by atoms with van der Waals surface area (Å²) in [6, 6.07) is -2.06. The molecule has 2 aromatic rings. The van der Waals surface area contributed by atoms with Crippen molar-refractivity contribution in [3.63, 3.8) is 0 Å². The molecule has 2 rings (SSSR count). The van der Waals surface area contributed by atoms with Gasteiger partial charge in [0.15, 0.2) is 46.5 Å². The fourth-order valence-electron chi connectivity index (χ4n) is 1.69. The SMILES string of the molecule is O=C(Nc1c(F)c(F)c(F)c(F)c1F)Nc1c(F)c(F)c(F)c(F)c1F. The molecule has 0 unspecified atom stereocenters. The van der Waals surface area contributed by atoms with Crippen molar-refractivity contribution in [3.8, 4) is 0 Å². The van der Waals surface area contributed by atoms with E-state index in [-0.39, 0.29) is 0 Å². The van der Waals surface area contributed by atoms with Crippen molar-refractivity contribution >= 4 is 17.4 Å². The first kappa shape index (κ1) is 19.3. The van der Waals surface area contributed by atoms with Gasteiger partial charge in [-0.15, -0.1) is 0 Å². The van der Waals surface area contributed by atoms with Crippen LogP contribution < -0.4 is 10.6 Å². The van der Waals surface area contributed by atoms with Crippen LogP contribution in [-0.2, 0) is 0 Å². The van der Waals surface area contributed by atoms with Crippen LogP contribution in [0.2, 0.25) is 0 Å². The minimum atomic E-state index is -2.55. The minimum Gasteiger partial charge on any atom is -0.302 e. The second kappa shape index (κ2) is 6.72. The molecule has 2 amide bonds. The highest BCUT2D eigenvalue weighted by atomic mass is 19.2. The minimum absolute atomic E-state index is 1.03. The number of carbonyl (C=O) groups is 1. The van der Waals surface area contributed by atoms with Crippen molar-refractivity contribution in [2.45, 2.75) is 0 Å². The maximum absolute atomic E-state index is 13.4. The molecule has 0 aliphatic carbocycles. The van der Waals surface area contributed by atoms with Crippen molar-refractivity contribution in [2.75, 3.05) is 10.6 Å². The summed E-state index contributed by atoms with van der Waals surface area (Å²) in [5.41, 5.74) is -3.83. The largest absolute Gasteiger partial charge is 0.324 e. The lowest BCUT2D eigenvalue weighted by Crippen LogP contribution is -2.24. The molecule has 2 aromatic carbocycles. The Kier molecular flexibility index (Phi) is 5.00. The predicted octanol–water partition coefficient (Wildman–Crippen LogP) is 4.72. The maximum atomic E-state index is 13.4. The topological polar surface area (TPSA) is 41.1 Å². The zero-order valence-electron chi connectivity index (χ0n) is 11.7. The molecule has 0 radical (unpaired) electrons. The third kappa shape index (κ3) is 2.99. The highest BCUT2D eigenvalue weighted by Crippen LogP contribution is 2.29. The molecule has 26 heavy (non-hydrogen) atoms. The van der Waals surface area contributed by atoms with E-state index in [0.717, 1.165) is 10.6 Å². The van der Waals surface area contributed by atoms with Crippen molar-refractivity contribution in [1.82, 2.24) is 0 Å². The number of anilines is 2. The molecular weight excluding hydrogens is 390 g/mol. The molecule has 0 spiro atoms. The molecule has 0 heterocycles. The number of halogens is 10. The second-order valence-corrected chi connectivity index (χ2v) is 4.47. The number of urea groups is 1. The monoisotopic (exact) mass is 392 g/mol. The maximum Gasteiger partial charge on any atom is 0.324 e. The number of benzene rings is 2. The van der Waals surface area contributed by atoms with E-state index in [1.54, 1.807) is 0 Å². The van der Waals surface area contributed by atoms with Crippen LogP contribution >= 0.6 is 0 Å². The van der Waals surface area contributed by atoms with E-state index in [0.29, 0.717) is 0 Å². The molecular formula is C13H2F10N2O. The Bertz CT molecular complexity index is 799. The average molecular weight is 392 g/mol. The summed E-state index contributed by atoms with van der Waals surface area (Å²) in [7, 11) is 0. The quantitative estimate of drug-likeness (QED) is 0.434. The van der Waals surface area contributed by atoms with Gasteiger partial charge in [0.1, 0.15) is 11.4 Å². The normalized spacial score (nSPS) is 10.8. The molecule has 0 saturated heterocycles. The first-order valence-electron chi connectivity index (χ1n) is 6.09. The van der Waals surface area contributed by atoms with Gasteiger partial charge in [0.25, 0.3) is 0 Å². The van der Waals surface area contributed by atoms with Gasteiger partial charge in [0, 0.05) is 0 Å². The van der Waals surface area contributed by atoms with E-state index in [2.05, 4.69) is 0 Å². The van der Waals surface area contributed by atoms with E-state index in [1.807, 2.05) is 0 Å². The fourth-order valence-corrected chi connectivity index (χ4v) is 1.69. The first-order chi connectivity index (χ1) is 12.0. The third-order valence-corrected chi connectivity index (χ3v) is 2.90. The standard InChI is InChI=1S/C13H2F10N2O/c14-1-3(16)7(20)11(8(21)4(1)17)24-13(26)25-12-9(22)5(18)2(15)6(19)10(12)23/h(H2,24,25,26). The van der Waals surface area contributed by atoms with Gasteiger partial charge in [0.05, 0.1) is 0 Å². The molecule has 0 aliphatic heterocycles. The zero-order valence-corrected chi connectivity index (χ0v) is 11.7. The van der Waals surface area contributed by atoms with E-state index in [1.165, 1.54) is 0 Å². The first-order valence-corrected chi connectivity index (χ1v) is 6.09. The molecule has 0 saturated carbocycles. The molecule has 2 N–H and O–H groups in total. The molecule has 0 bridgehead atoms. The van der Waals surface area contributed by atoms with E-state index in [4.69, 9.17) is 0 Å². The van der Waals surface area contributed by atoms with Gasteiger partial charge in [-0.1, -0.05) is 0 Å². The van der Waals surface area contributed by atoms with Crippen LogP contribution in [0.5, 0.6) is 0 Å². The zero-order chi connectivity index (χ0) is 19.9. The summed E-state index contributed by atoms with van der Waals surface area (Å²) in [5.74, 6) is -24.9. The lowest BCUT2D eigenvalue weighted by atomic mass is 10.2. The van der Waals surface area contributed by atoms with Crippen molar-refractivity contribution < 1.29 is 48.7 Å². The lowest BCUT2D eigenvalue weighted by Gasteiger charge is -2.12. The van der Waals surface area contributed by atoms with Crippen LogP contribution in [-0.4, -0.2) is 6.03 Å². The summed E-state index contributed by atoms with van der Waals surface area (Å²) >= 11 is 0. The molecule has 0 aliphatic rings. The van der Waals surface area contributed by atoms with Gasteiger partial charge in [-0.3, -0.25) is 0 Å². The van der Waals surface area contributed by atoms with Crippen molar-refractivity contribution in [2.24, 2.45) is 0 Å². The van der Waals surface area contributed by atoms with Crippen LogP contribution in [0, 0.1) is 58.2 Å². The van der Waals surface area contributed by atoms with Crippen LogP contribution in [0.4, 0.5) is 60.1 Å². The van der Waals surface area contributed by atoms with Gasteiger partial charge in [-0.05, 0) is 0 Å². The van der Waals surface area contributed by atoms with Crippen LogP contribution in [0.15, 0.2) is 0 Å². The molecule has 0 atom stereocenters. The summed E-state index contributed by atoms with van der Waals surface area (Å²) in [6.45, 7) is 0. The van der Waals surface area contributed by atoms with E-state index < -0.39 is 75.6 Å². The number of hydrogen-bond donors (Lipinski definition) is 2. The number of amides is 2. The molecule has 13 heteroatoms. The number of rotatable bonds is 2. The van der Waals surface area contributed by atoms with Crippen LogP contribution in [0.1, 0.15) is 0 Å². The van der Waals surface area contributed by atoms with E-state index >= 15 is 0 Å². The van der Waals surface area contributed by atoms with Crippen molar-refractivity contribution in [1.29, 1.82) is 0 Å². The van der Waals surface area contributed by atoms with Gasteiger partial charge in [-0.25, -0.2) is 48.7 Å². The Morgan fingerprint density at radius 2 is 0.615 bits per heavy atom. The van der Waals surface area contributed by atoms with Gasteiger partial charge >= 0.3 is 6.03 Å². The van der Waals surface area contributed by atoms with Gasteiger partial charge in [-0.2, -0.15) is 0 Å². The fraction of sp³-hybridized carbons (Fsp3) is 0. The van der Waals surface area contributed by atoms with Crippen LogP contribution in [0.3, 0.4) is 0 Å². The Morgan fingerprint density at radius 1 is 0.423 bits per heavy atom. The molecule has 140 valence electrons.